The molecule has 2 fully saturated rings. The maximum atomic E-state index is 5.95. The van der Waals surface area contributed by atoms with Crippen LogP contribution in [0.4, 0.5) is 0 Å². The van der Waals surface area contributed by atoms with Gasteiger partial charge in [0.25, 0.3) is 0 Å². The fraction of sp³-hybridized carbons (Fsp3) is 1.00. The van der Waals surface area contributed by atoms with Gasteiger partial charge in [-0.2, -0.15) is 0 Å². The smallest absolute Gasteiger partial charge is 0.0702 e. The molecule has 2 aliphatic rings. The zero-order valence-corrected chi connectivity index (χ0v) is 14.4. The first-order chi connectivity index (χ1) is 10.2. The lowest BCUT2D eigenvalue weighted by Crippen LogP contribution is -2.53. The van der Waals surface area contributed by atoms with Gasteiger partial charge >= 0.3 is 0 Å². The van der Waals surface area contributed by atoms with Crippen molar-refractivity contribution in [1.29, 1.82) is 0 Å². The second kappa shape index (κ2) is 9.12. The van der Waals surface area contributed by atoms with E-state index < -0.39 is 0 Å². The number of nitrogens with one attached hydrogen (secondary N) is 1. The van der Waals surface area contributed by atoms with Gasteiger partial charge in [0.15, 0.2) is 0 Å². The quantitative estimate of drug-likeness (QED) is 0.779. The van der Waals surface area contributed by atoms with Crippen molar-refractivity contribution >= 4 is 0 Å². The number of ether oxygens (including phenoxy) is 1. The van der Waals surface area contributed by atoms with E-state index in [0.717, 1.165) is 25.6 Å². The molecule has 1 N–H and O–H groups in total. The summed E-state index contributed by atoms with van der Waals surface area (Å²) in [4.78, 5) is 2.60. The largest absolute Gasteiger partial charge is 0.377 e. The van der Waals surface area contributed by atoms with E-state index in [1.807, 2.05) is 0 Å². The number of likely N-dealkylation sites (N-methyl/N-ethyl adjacent to an activating group) is 2. The number of hydrogen-bond donors (Lipinski definition) is 1. The molecular weight excluding hydrogens is 260 g/mol. The molecular formula is C18H36N2O. The van der Waals surface area contributed by atoms with Gasteiger partial charge in [0.05, 0.1) is 6.10 Å². The van der Waals surface area contributed by atoms with E-state index in [-0.39, 0.29) is 0 Å². The zero-order valence-electron chi connectivity index (χ0n) is 14.4. The van der Waals surface area contributed by atoms with Crippen LogP contribution in [0.1, 0.15) is 65.2 Å². The summed E-state index contributed by atoms with van der Waals surface area (Å²) in [6, 6.07) is 1.37. The average Bonchev–Trinajstić information content (AvgIpc) is 2.50. The minimum absolute atomic E-state index is 0.470. The van der Waals surface area contributed by atoms with E-state index in [1.165, 1.54) is 51.4 Å². The fourth-order valence-corrected chi connectivity index (χ4v) is 4.30. The van der Waals surface area contributed by atoms with Crippen molar-refractivity contribution in [3.05, 3.63) is 0 Å². The third kappa shape index (κ3) is 5.22. The Balaban J connectivity index is 1.89. The van der Waals surface area contributed by atoms with E-state index in [1.54, 1.807) is 0 Å². The van der Waals surface area contributed by atoms with Crippen molar-refractivity contribution in [3.63, 3.8) is 0 Å². The molecule has 1 saturated heterocycles. The molecule has 3 heteroatoms. The van der Waals surface area contributed by atoms with Crippen LogP contribution in [0.2, 0.25) is 0 Å². The van der Waals surface area contributed by atoms with Crippen LogP contribution in [0.15, 0.2) is 0 Å². The fourth-order valence-electron chi connectivity index (χ4n) is 4.30. The lowest BCUT2D eigenvalue weighted by Gasteiger charge is -2.43. The van der Waals surface area contributed by atoms with Crippen LogP contribution in [0, 0.1) is 5.92 Å². The Kier molecular flexibility index (Phi) is 7.48. The molecule has 0 bridgehead atoms. The van der Waals surface area contributed by atoms with E-state index in [0.29, 0.717) is 18.2 Å². The van der Waals surface area contributed by atoms with Crippen molar-refractivity contribution in [2.45, 2.75) is 83.4 Å². The minimum atomic E-state index is 0.470. The van der Waals surface area contributed by atoms with Crippen LogP contribution >= 0.6 is 0 Å². The molecule has 3 nitrogen and oxygen atoms in total. The molecule has 1 heterocycles. The van der Waals surface area contributed by atoms with Crippen LogP contribution in [0.3, 0.4) is 0 Å². The molecule has 1 aliphatic heterocycles. The average molecular weight is 296 g/mol. The summed E-state index contributed by atoms with van der Waals surface area (Å²) in [5.41, 5.74) is 0. The van der Waals surface area contributed by atoms with Crippen molar-refractivity contribution in [3.8, 4) is 0 Å². The van der Waals surface area contributed by atoms with E-state index in [9.17, 15) is 0 Å². The Morgan fingerprint density at radius 2 is 2.00 bits per heavy atom. The summed E-state index contributed by atoms with van der Waals surface area (Å²) in [6.07, 6.45) is 11.2. The molecule has 0 radical (unpaired) electrons. The van der Waals surface area contributed by atoms with Gasteiger partial charge in [-0.05, 0) is 58.0 Å². The second-order valence-corrected chi connectivity index (χ2v) is 7.13. The molecule has 1 saturated carbocycles. The van der Waals surface area contributed by atoms with Gasteiger partial charge in [0, 0.05) is 25.2 Å². The molecule has 0 aromatic heterocycles. The maximum Gasteiger partial charge on any atom is 0.0702 e. The molecule has 1 aliphatic carbocycles. The molecule has 124 valence electrons. The van der Waals surface area contributed by atoms with Crippen LogP contribution in [-0.2, 0) is 4.74 Å². The Morgan fingerprint density at radius 3 is 2.67 bits per heavy atom. The Hall–Kier alpha value is -0.120. The molecule has 0 amide bonds. The highest BCUT2D eigenvalue weighted by molar-refractivity contribution is 4.91. The summed E-state index contributed by atoms with van der Waals surface area (Å²) in [6.45, 7) is 7.74. The standard InChI is InChI=1S/C18H36N2O/c1-4-8-15-10-11-17(19-5-2)18(13-15)20(3)14-16-9-6-7-12-21-16/h15-19H,4-14H2,1-3H3. The van der Waals surface area contributed by atoms with Crippen molar-refractivity contribution in [2.24, 2.45) is 5.92 Å². The highest BCUT2D eigenvalue weighted by atomic mass is 16.5. The maximum absolute atomic E-state index is 5.95. The lowest BCUT2D eigenvalue weighted by molar-refractivity contribution is -0.0168. The molecule has 21 heavy (non-hydrogen) atoms. The van der Waals surface area contributed by atoms with Crippen molar-refractivity contribution < 1.29 is 4.74 Å². The predicted octanol–water partition coefficient (Wildman–Crippen LogP) is 3.43. The Morgan fingerprint density at radius 1 is 1.14 bits per heavy atom. The van der Waals surface area contributed by atoms with Crippen molar-refractivity contribution in [2.75, 3.05) is 26.7 Å². The van der Waals surface area contributed by atoms with Gasteiger partial charge in [-0.1, -0.05) is 26.7 Å². The lowest BCUT2D eigenvalue weighted by atomic mass is 9.79. The Labute approximate surface area is 131 Å². The normalized spacial score (nSPS) is 34.3. The summed E-state index contributed by atoms with van der Waals surface area (Å²) < 4.78 is 5.95. The van der Waals surface area contributed by atoms with Gasteiger partial charge in [-0.15, -0.1) is 0 Å². The van der Waals surface area contributed by atoms with Gasteiger partial charge < -0.3 is 10.1 Å². The first-order valence-corrected chi connectivity index (χ1v) is 9.29. The van der Waals surface area contributed by atoms with Gasteiger partial charge in [-0.3, -0.25) is 4.90 Å². The summed E-state index contributed by atoms with van der Waals surface area (Å²) in [5, 5.41) is 3.73. The van der Waals surface area contributed by atoms with Crippen LogP contribution < -0.4 is 5.32 Å². The molecule has 0 aromatic carbocycles. The van der Waals surface area contributed by atoms with Crippen LogP contribution in [-0.4, -0.2) is 49.8 Å². The summed E-state index contributed by atoms with van der Waals surface area (Å²) in [5.74, 6) is 0.935. The number of rotatable bonds is 7. The Bertz CT molecular complexity index is 278. The van der Waals surface area contributed by atoms with Gasteiger partial charge in [0.1, 0.15) is 0 Å². The second-order valence-electron chi connectivity index (χ2n) is 7.13. The first kappa shape index (κ1) is 17.2. The molecule has 0 spiro atoms. The zero-order chi connectivity index (χ0) is 15.1. The monoisotopic (exact) mass is 296 g/mol. The van der Waals surface area contributed by atoms with Crippen molar-refractivity contribution in [1.82, 2.24) is 10.2 Å². The molecule has 0 aromatic rings. The summed E-state index contributed by atoms with van der Waals surface area (Å²) in [7, 11) is 2.32. The highest BCUT2D eigenvalue weighted by Gasteiger charge is 2.33. The molecule has 4 unspecified atom stereocenters. The summed E-state index contributed by atoms with van der Waals surface area (Å²) >= 11 is 0. The first-order valence-electron chi connectivity index (χ1n) is 9.29. The molecule has 2 rings (SSSR count). The molecule has 4 atom stereocenters. The van der Waals surface area contributed by atoms with Gasteiger partial charge in [0.2, 0.25) is 0 Å². The third-order valence-electron chi connectivity index (χ3n) is 5.42. The predicted molar refractivity (Wildman–Crippen MR) is 89.7 cm³/mol. The number of hydrogen-bond acceptors (Lipinski definition) is 3. The minimum Gasteiger partial charge on any atom is -0.377 e. The SMILES string of the molecule is CCCC1CCC(NCC)C(N(C)CC2CCCCO2)C1. The van der Waals surface area contributed by atoms with Crippen LogP contribution in [0.5, 0.6) is 0 Å². The highest BCUT2D eigenvalue weighted by Crippen LogP contribution is 2.31. The van der Waals surface area contributed by atoms with E-state index >= 15 is 0 Å². The number of nitrogens with zero attached hydrogens (tertiary/aromatic N) is 1. The topological polar surface area (TPSA) is 24.5 Å². The van der Waals surface area contributed by atoms with Crippen LogP contribution in [0.25, 0.3) is 0 Å². The van der Waals surface area contributed by atoms with E-state index in [4.69, 9.17) is 4.74 Å². The van der Waals surface area contributed by atoms with E-state index in [2.05, 4.69) is 31.1 Å². The third-order valence-corrected chi connectivity index (χ3v) is 5.42. The van der Waals surface area contributed by atoms with Gasteiger partial charge in [-0.25, -0.2) is 0 Å².